The molecule has 2 amide bonds. The summed E-state index contributed by atoms with van der Waals surface area (Å²) in [6, 6.07) is 22.1. The fourth-order valence-corrected chi connectivity index (χ4v) is 2.90. The predicted octanol–water partition coefficient (Wildman–Crippen LogP) is 4.86. The van der Waals surface area contributed by atoms with Crippen LogP contribution in [-0.2, 0) is 6.42 Å². The van der Waals surface area contributed by atoms with Gasteiger partial charge < -0.3 is 24.8 Å². The second-order valence-corrected chi connectivity index (χ2v) is 6.19. The molecule has 29 heavy (non-hydrogen) atoms. The molecule has 0 aliphatic carbocycles. The molecule has 0 aliphatic rings. The molecule has 6 nitrogen and oxygen atoms in total. The number of urea groups is 1. The summed E-state index contributed by atoms with van der Waals surface area (Å²) in [7, 11) is 3.20. The maximum absolute atomic E-state index is 12.4. The lowest BCUT2D eigenvalue weighted by molar-refractivity contribution is 0.252. The van der Waals surface area contributed by atoms with Crippen molar-refractivity contribution in [3.8, 4) is 23.0 Å². The van der Waals surface area contributed by atoms with E-state index in [1.807, 2.05) is 66.7 Å². The molecule has 0 radical (unpaired) electrons. The highest BCUT2D eigenvalue weighted by Gasteiger charge is 2.11. The van der Waals surface area contributed by atoms with E-state index in [1.54, 1.807) is 20.3 Å². The van der Waals surface area contributed by atoms with Gasteiger partial charge in [0.15, 0.2) is 17.2 Å². The fourth-order valence-electron chi connectivity index (χ4n) is 2.90. The lowest BCUT2D eigenvalue weighted by Gasteiger charge is -2.14. The van der Waals surface area contributed by atoms with Crippen LogP contribution in [-0.4, -0.2) is 26.8 Å². The molecule has 150 valence electrons. The quantitative estimate of drug-likeness (QED) is 0.574. The molecule has 0 spiro atoms. The van der Waals surface area contributed by atoms with Gasteiger partial charge in [0.1, 0.15) is 5.75 Å². The normalized spacial score (nSPS) is 10.1. The summed E-state index contributed by atoms with van der Waals surface area (Å²) in [5.74, 6) is 2.62. The van der Waals surface area contributed by atoms with E-state index in [0.717, 1.165) is 5.56 Å². The average Bonchev–Trinajstić information content (AvgIpc) is 2.75. The second-order valence-electron chi connectivity index (χ2n) is 6.19. The summed E-state index contributed by atoms with van der Waals surface area (Å²) in [4.78, 5) is 12.4. The van der Waals surface area contributed by atoms with E-state index < -0.39 is 0 Å². The molecule has 0 saturated carbocycles. The standard InChI is InChI=1S/C23H24N2O4/c1-27-21-14-8-9-17(22(21)28-2)15-16-24-23(26)25-19-12-6-7-13-20(19)29-18-10-4-3-5-11-18/h3-14H,15-16H2,1-2H3,(H2,24,25,26). The van der Waals surface area contributed by atoms with Crippen molar-refractivity contribution in [2.24, 2.45) is 0 Å². The van der Waals surface area contributed by atoms with Gasteiger partial charge in [-0.3, -0.25) is 0 Å². The van der Waals surface area contributed by atoms with Gasteiger partial charge in [-0.1, -0.05) is 42.5 Å². The Bertz CT molecular complexity index is 945. The number of anilines is 1. The van der Waals surface area contributed by atoms with Crippen LogP contribution < -0.4 is 24.8 Å². The number of para-hydroxylation sites is 4. The van der Waals surface area contributed by atoms with Crippen molar-refractivity contribution in [2.45, 2.75) is 6.42 Å². The van der Waals surface area contributed by atoms with Crippen LogP contribution in [0.2, 0.25) is 0 Å². The van der Waals surface area contributed by atoms with Gasteiger partial charge in [-0.15, -0.1) is 0 Å². The number of benzene rings is 3. The molecular weight excluding hydrogens is 368 g/mol. The number of carbonyl (C=O) groups excluding carboxylic acids is 1. The van der Waals surface area contributed by atoms with Crippen molar-refractivity contribution in [3.63, 3.8) is 0 Å². The first-order valence-corrected chi connectivity index (χ1v) is 9.28. The molecular formula is C23H24N2O4. The highest BCUT2D eigenvalue weighted by atomic mass is 16.5. The third-order valence-corrected chi connectivity index (χ3v) is 4.27. The van der Waals surface area contributed by atoms with E-state index >= 15 is 0 Å². The Morgan fingerprint density at radius 2 is 1.55 bits per heavy atom. The molecule has 0 heterocycles. The Kier molecular flexibility index (Phi) is 6.95. The third-order valence-electron chi connectivity index (χ3n) is 4.27. The molecule has 3 aromatic carbocycles. The highest BCUT2D eigenvalue weighted by Crippen LogP contribution is 2.31. The second kappa shape index (κ2) is 10.0. The predicted molar refractivity (Wildman–Crippen MR) is 113 cm³/mol. The number of nitrogens with one attached hydrogen (secondary N) is 2. The van der Waals surface area contributed by atoms with Crippen molar-refractivity contribution in [3.05, 3.63) is 78.4 Å². The van der Waals surface area contributed by atoms with Gasteiger partial charge in [-0.2, -0.15) is 0 Å². The average molecular weight is 392 g/mol. The first kappa shape index (κ1) is 20.1. The van der Waals surface area contributed by atoms with Gasteiger partial charge >= 0.3 is 6.03 Å². The molecule has 0 saturated heterocycles. The van der Waals surface area contributed by atoms with Crippen LogP contribution in [0.25, 0.3) is 0 Å². The van der Waals surface area contributed by atoms with E-state index in [-0.39, 0.29) is 6.03 Å². The van der Waals surface area contributed by atoms with Crippen molar-refractivity contribution in [1.82, 2.24) is 5.32 Å². The van der Waals surface area contributed by atoms with E-state index in [1.165, 1.54) is 0 Å². The van der Waals surface area contributed by atoms with Crippen LogP contribution in [0.15, 0.2) is 72.8 Å². The number of amides is 2. The monoisotopic (exact) mass is 392 g/mol. The number of rotatable bonds is 8. The van der Waals surface area contributed by atoms with Crippen LogP contribution in [0.4, 0.5) is 10.5 Å². The van der Waals surface area contributed by atoms with Crippen LogP contribution in [0.3, 0.4) is 0 Å². The summed E-state index contributed by atoms with van der Waals surface area (Å²) in [6.07, 6.45) is 0.607. The van der Waals surface area contributed by atoms with Gasteiger partial charge in [0.2, 0.25) is 0 Å². The molecule has 0 unspecified atom stereocenters. The highest BCUT2D eigenvalue weighted by molar-refractivity contribution is 5.91. The molecule has 0 aliphatic heterocycles. The zero-order valence-electron chi connectivity index (χ0n) is 16.5. The lowest BCUT2D eigenvalue weighted by Crippen LogP contribution is -2.30. The summed E-state index contributed by atoms with van der Waals surface area (Å²) in [6.45, 7) is 0.442. The Balaban J connectivity index is 1.58. The van der Waals surface area contributed by atoms with Gasteiger partial charge in [0.05, 0.1) is 19.9 Å². The smallest absolute Gasteiger partial charge is 0.319 e. The minimum Gasteiger partial charge on any atom is -0.493 e. The molecule has 3 aromatic rings. The zero-order valence-corrected chi connectivity index (χ0v) is 16.5. The third kappa shape index (κ3) is 5.42. The van der Waals surface area contributed by atoms with Gasteiger partial charge in [0.25, 0.3) is 0 Å². The Hall–Kier alpha value is -3.67. The zero-order chi connectivity index (χ0) is 20.5. The molecule has 0 atom stereocenters. The van der Waals surface area contributed by atoms with Crippen LogP contribution >= 0.6 is 0 Å². The van der Waals surface area contributed by atoms with Crippen LogP contribution in [0.5, 0.6) is 23.0 Å². The van der Waals surface area contributed by atoms with Gasteiger partial charge in [-0.05, 0) is 42.3 Å². The van der Waals surface area contributed by atoms with E-state index in [9.17, 15) is 4.79 Å². The van der Waals surface area contributed by atoms with E-state index in [4.69, 9.17) is 14.2 Å². The first-order chi connectivity index (χ1) is 14.2. The number of ether oxygens (including phenoxy) is 3. The minimum atomic E-state index is -0.309. The van der Waals surface area contributed by atoms with Crippen LogP contribution in [0.1, 0.15) is 5.56 Å². The summed E-state index contributed by atoms with van der Waals surface area (Å²) in [5, 5.41) is 5.69. The molecule has 3 rings (SSSR count). The number of carbonyl (C=O) groups is 1. The lowest BCUT2D eigenvalue weighted by atomic mass is 10.1. The van der Waals surface area contributed by atoms with Crippen molar-refractivity contribution < 1.29 is 19.0 Å². The summed E-state index contributed by atoms with van der Waals surface area (Å²) in [5.41, 5.74) is 1.55. The maximum Gasteiger partial charge on any atom is 0.319 e. The Labute approximate surface area is 170 Å². The number of methoxy groups -OCH3 is 2. The van der Waals surface area contributed by atoms with Crippen molar-refractivity contribution >= 4 is 11.7 Å². The Morgan fingerprint density at radius 3 is 2.31 bits per heavy atom. The molecule has 2 N–H and O–H groups in total. The minimum absolute atomic E-state index is 0.309. The Morgan fingerprint density at radius 1 is 0.828 bits per heavy atom. The van der Waals surface area contributed by atoms with Crippen molar-refractivity contribution in [2.75, 3.05) is 26.1 Å². The van der Waals surface area contributed by atoms with Gasteiger partial charge in [0, 0.05) is 6.54 Å². The molecule has 0 aromatic heterocycles. The summed E-state index contributed by atoms with van der Waals surface area (Å²) >= 11 is 0. The largest absolute Gasteiger partial charge is 0.493 e. The van der Waals surface area contributed by atoms with E-state index in [2.05, 4.69) is 10.6 Å². The maximum atomic E-state index is 12.4. The molecule has 0 fully saturated rings. The van der Waals surface area contributed by atoms with Crippen LogP contribution in [0, 0.1) is 0 Å². The SMILES string of the molecule is COc1cccc(CCNC(=O)Nc2ccccc2Oc2ccccc2)c1OC. The fraction of sp³-hybridized carbons (Fsp3) is 0.174. The first-order valence-electron chi connectivity index (χ1n) is 9.28. The number of hydrogen-bond acceptors (Lipinski definition) is 4. The van der Waals surface area contributed by atoms with Gasteiger partial charge in [-0.25, -0.2) is 4.79 Å². The number of hydrogen-bond donors (Lipinski definition) is 2. The molecule has 0 bridgehead atoms. The van der Waals surface area contributed by atoms with Crippen molar-refractivity contribution in [1.29, 1.82) is 0 Å². The van der Waals surface area contributed by atoms with E-state index in [0.29, 0.717) is 41.7 Å². The molecule has 6 heteroatoms. The topological polar surface area (TPSA) is 68.8 Å². The summed E-state index contributed by atoms with van der Waals surface area (Å²) < 4.78 is 16.6.